The molecule has 2 aliphatic rings. The number of methoxy groups -OCH3 is 1. The maximum atomic E-state index is 13.3. The molecule has 0 unspecified atom stereocenters. The van der Waals surface area contributed by atoms with Crippen molar-refractivity contribution in [1.29, 1.82) is 0 Å². The Kier molecular flexibility index (Phi) is 6.05. The van der Waals surface area contributed by atoms with Gasteiger partial charge in [-0.15, -0.1) is 0 Å². The molecule has 9 heteroatoms. The summed E-state index contributed by atoms with van der Waals surface area (Å²) < 4.78 is 12.4. The zero-order chi connectivity index (χ0) is 25.0. The van der Waals surface area contributed by atoms with Crippen LogP contribution in [-0.2, 0) is 20.8 Å². The van der Waals surface area contributed by atoms with Crippen molar-refractivity contribution in [2.75, 3.05) is 14.2 Å². The molecule has 182 valence electrons. The lowest BCUT2D eigenvalue weighted by Gasteiger charge is -2.41. The quantitative estimate of drug-likeness (QED) is 0.408. The molecule has 1 aliphatic carbocycles. The zero-order valence-corrected chi connectivity index (χ0v) is 21.2. The number of hydrogen-bond donors (Lipinski definition) is 3. The first-order valence-electron chi connectivity index (χ1n) is 10.9. The van der Waals surface area contributed by atoms with E-state index in [2.05, 4.69) is 21.4 Å². The van der Waals surface area contributed by atoms with Gasteiger partial charge in [0.2, 0.25) is 5.91 Å². The summed E-state index contributed by atoms with van der Waals surface area (Å²) in [6.07, 6.45) is -1.57. The van der Waals surface area contributed by atoms with Gasteiger partial charge < -0.3 is 19.7 Å². The van der Waals surface area contributed by atoms with E-state index in [1.54, 1.807) is 43.5 Å². The van der Waals surface area contributed by atoms with Crippen LogP contribution in [-0.4, -0.2) is 36.4 Å². The van der Waals surface area contributed by atoms with Crippen LogP contribution in [0.3, 0.4) is 0 Å². The number of rotatable bonds is 5. The normalized spacial score (nSPS) is 28.7. The first kappa shape index (κ1) is 24.1. The number of ether oxygens (including phenoxy) is 2. The highest BCUT2D eigenvalue weighted by Crippen LogP contribution is 2.69. The lowest BCUT2D eigenvalue weighted by molar-refractivity contribution is -0.156. The van der Waals surface area contributed by atoms with Gasteiger partial charge in [0.15, 0.2) is 11.2 Å². The van der Waals surface area contributed by atoms with Gasteiger partial charge in [-0.3, -0.25) is 9.63 Å². The molecular formula is C26H23BrClNO6. The number of fused-ring (bicyclic) bond motifs is 3. The molecule has 5 rings (SSSR count). The Morgan fingerprint density at radius 2 is 1.80 bits per heavy atom. The molecule has 1 fully saturated rings. The maximum Gasteiger partial charge on any atom is 0.250 e. The second-order valence-corrected chi connectivity index (χ2v) is 9.91. The van der Waals surface area contributed by atoms with E-state index in [4.69, 9.17) is 25.9 Å². The fourth-order valence-corrected chi connectivity index (χ4v) is 6.75. The summed E-state index contributed by atoms with van der Waals surface area (Å²) in [7, 11) is 2.87. The Morgan fingerprint density at radius 3 is 2.43 bits per heavy atom. The van der Waals surface area contributed by atoms with Crippen LogP contribution in [0.4, 0.5) is 0 Å². The minimum Gasteiger partial charge on any atom is -0.497 e. The summed E-state index contributed by atoms with van der Waals surface area (Å²) in [6, 6.07) is 19.5. The molecule has 0 radical (unpaired) electrons. The summed E-state index contributed by atoms with van der Waals surface area (Å²) in [5.41, 5.74) is 0.290. The lowest BCUT2D eigenvalue weighted by Crippen LogP contribution is -2.52. The highest BCUT2D eigenvalue weighted by atomic mass is 79.9. The molecule has 1 heterocycles. The van der Waals surface area contributed by atoms with E-state index in [1.165, 1.54) is 7.11 Å². The second-order valence-electron chi connectivity index (χ2n) is 8.62. The molecule has 3 aromatic rings. The third kappa shape index (κ3) is 3.32. The largest absolute Gasteiger partial charge is 0.497 e. The van der Waals surface area contributed by atoms with Crippen molar-refractivity contribution in [1.82, 2.24) is 5.48 Å². The zero-order valence-electron chi connectivity index (χ0n) is 18.9. The second kappa shape index (κ2) is 8.80. The van der Waals surface area contributed by atoms with Crippen LogP contribution in [0, 0.1) is 5.92 Å². The minimum absolute atomic E-state index is 0.313. The van der Waals surface area contributed by atoms with Crippen LogP contribution >= 0.6 is 27.5 Å². The predicted octanol–water partition coefficient (Wildman–Crippen LogP) is 4.04. The van der Waals surface area contributed by atoms with Gasteiger partial charge in [0, 0.05) is 21.0 Å². The van der Waals surface area contributed by atoms with Crippen molar-refractivity contribution in [3.63, 3.8) is 0 Å². The van der Waals surface area contributed by atoms with Crippen molar-refractivity contribution >= 4 is 33.4 Å². The number of hydroxylamine groups is 1. The van der Waals surface area contributed by atoms with Crippen LogP contribution < -0.4 is 15.0 Å². The Bertz CT molecular complexity index is 1270. The number of nitrogens with one attached hydrogen (secondary N) is 1. The number of halogens is 2. The van der Waals surface area contributed by atoms with E-state index in [0.29, 0.717) is 37.7 Å². The molecule has 1 saturated carbocycles. The lowest BCUT2D eigenvalue weighted by atomic mass is 9.70. The van der Waals surface area contributed by atoms with Crippen LogP contribution in [0.2, 0.25) is 5.02 Å². The molecule has 1 aliphatic heterocycles. The Morgan fingerprint density at radius 1 is 1.11 bits per heavy atom. The van der Waals surface area contributed by atoms with Crippen molar-refractivity contribution in [2.45, 2.75) is 23.2 Å². The number of aliphatic hydroxyl groups is 2. The molecule has 3 N–H and O–H groups in total. The first-order chi connectivity index (χ1) is 16.8. The van der Waals surface area contributed by atoms with Gasteiger partial charge in [0.05, 0.1) is 20.1 Å². The summed E-state index contributed by atoms with van der Waals surface area (Å²) in [4.78, 5) is 18.2. The van der Waals surface area contributed by atoms with Crippen molar-refractivity contribution < 1.29 is 29.3 Å². The third-order valence-corrected chi connectivity index (χ3v) is 7.83. The molecule has 0 saturated heterocycles. The molecule has 3 aromatic carbocycles. The Labute approximate surface area is 215 Å². The Hall–Kier alpha value is -2.62. The highest BCUT2D eigenvalue weighted by Gasteiger charge is 2.77. The number of carbonyl (C=O) groups excluding carboxylic acids is 1. The van der Waals surface area contributed by atoms with Gasteiger partial charge >= 0.3 is 0 Å². The van der Waals surface area contributed by atoms with Gasteiger partial charge in [-0.1, -0.05) is 70.0 Å². The molecule has 1 amide bonds. The van der Waals surface area contributed by atoms with E-state index in [0.717, 1.165) is 0 Å². The van der Waals surface area contributed by atoms with Gasteiger partial charge in [-0.25, -0.2) is 5.48 Å². The molecule has 0 spiro atoms. The predicted molar refractivity (Wildman–Crippen MR) is 132 cm³/mol. The molecule has 7 nitrogen and oxygen atoms in total. The fraction of sp³-hybridized carbons (Fsp3) is 0.269. The average Bonchev–Trinajstić information content (AvgIpc) is 3.22. The van der Waals surface area contributed by atoms with Crippen molar-refractivity contribution in [3.05, 3.63) is 92.9 Å². The van der Waals surface area contributed by atoms with Gasteiger partial charge in [0.1, 0.15) is 17.6 Å². The van der Waals surface area contributed by atoms with Crippen LogP contribution in [0.15, 0.2) is 71.2 Å². The number of benzene rings is 3. The van der Waals surface area contributed by atoms with E-state index in [-0.39, 0.29) is 0 Å². The molecule has 35 heavy (non-hydrogen) atoms. The van der Waals surface area contributed by atoms with Gasteiger partial charge in [-0.2, -0.15) is 0 Å². The van der Waals surface area contributed by atoms with E-state index < -0.39 is 35.0 Å². The minimum atomic E-state index is -2.03. The monoisotopic (exact) mass is 559 g/mol. The molecule has 0 aromatic heterocycles. The summed E-state index contributed by atoms with van der Waals surface area (Å²) in [5.74, 6) is -1.60. The number of hydrogen-bond acceptors (Lipinski definition) is 6. The van der Waals surface area contributed by atoms with E-state index in [1.807, 2.05) is 30.3 Å². The van der Waals surface area contributed by atoms with E-state index in [9.17, 15) is 15.0 Å². The highest BCUT2D eigenvalue weighted by molar-refractivity contribution is 9.10. The standard InChI is InChI=1S/C26H23BrClNO6/c1-33-17-10-8-15(9-11-17)26-21(14-6-4-3-5-7-14)20(24(31)29-34-2)23(30)25(26,32)22-18(27)12-16(28)13-19(22)35-26/h3-13,20-21,23,30,32H,1-2H3,(H,29,31)/t20-,21-,23-,25+,26+/m1/s1. The van der Waals surface area contributed by atoms with Gasteiger partial charge in [0.25, 0.3) is 0 Å². The van der Waals surface area contributed by atoms with Crippen molar-refractivity contribution in [2.24, 2.45) is 5.92 Å². The topological polar surface area (TPSA) is 97.3 Å². The van der Waals surface area contributed by atoms with Crippen LogP contribution in [0.25, 0.3) is 0 Å². The van der Waals surface area contributed by atoms with Gasteiger partial charge in [-0.05, 0) is 35.4 Å². The van der Waals surface area contributed by atoms with E-state index >= 15 is 0 Å². The average molecular weight is 561 g/mol. The number of carbonyl (C=O) groups is 1. The first-order valence-corrected chi connectivity index (χ1v) is 12.1. The summed E-state index contributed by atoms with van der Waals surface area (Å²) in [6.45, 7) is 0. The molecule has 0 bridgehead atoms. The van der Waals surface area contributed by atoms with Crippen LogP contribution in [0.1, 0.15) is 22.6 Å². The smallest absolute Gasteiger partial charge is 0.250 e. The SMILES string of the molecule is CONC(=O)[C@H]1[C@@H](O)[C@@]2(O)c3c(Br)cc(Cl)cc3O[C@@]2(c2ccc(OC)cc2)[C@@H]1c1ccccc1. The summed E-state index contributed by atoms with van der Waals surface area (Å²) in [5, 5.41) is 24.8. The molecular weight excluding hydrogens is 538 g/mol. The summed E-state index contributed by atoms with van der Waals surface area (Å²) >= 11 is 9.82. The number of amides is 1. The van der Waals surface area contributed by atoms with Crippen molar-refractivity contribution in [3.8, 4) is 11.5 Å². The maximum absolute atomic E-state index is 13.3. The third-order valence-electron chi connectivity index (χ3n) is 6.99. The van der Waals surface area contributed by atoms with Crippen LogP contribution in [0.5, 0.6) is 11.5 Å². The Balaban J connectivity index is 1.86. The fourth-order valence-electron chi connectivity index (χ4n) is 5.66. The molecule has 5 atom stereocenters. The number of aliphatic hydroxyl groups excluding tert-OH is 1.